The van der Waals surface area contributed by atoms with Crippen LogP contribution in [-0.2, 0) is 14.3 Å². The van der Waals surface area contributed by atoms with Crippen LogP contribution in [-0.4, -0.2) is 21.3 Å². The van der Waals surface area contributed by atoms with Gasteiger partial charge < -0.3 is 0 Å². The molecule has 1 unspecified atom stereocenters. The van der Waals surface area contributed by atoms with Gasteiger partial charge in [0.2, 0.25) is 0 Å². The fourth-order valence-electron chi connectivity index (χ4n) is 1.82. The summed E-state index contributed by atoms with van der Waals surface area (Å²) in [6.45, 7) is 2.19. The molecule has 1 rings (SSSR count). The van der Waals surface area contributed by atoms with Gasteiger partial charge in [-0.1, -0.05) is 49.0 Å². The van der Waals surface area contributed by atoms with Crippen LogP contribution in [0.4, 0.5) is 0 Å². The molecule has 0 aromatic heterocycles. The van der Waals surface area contributed by atoms with E-state index in [0.29, 0.717) is 10.0 Å². The molecule has 0 fully saturated rings. The lowest BCUT2D eigenvalue weighted by atomic mass is 9.94. The molecule has 19 heavy (non-hydrogen) atoms. The minimum Gasteiger partial charge on any atom is -0.270 e. The molecule has 1 aromatic carbocycles. The van der Waals surface area contributed by atoms with E-state index in [1.165, 1.54) is 0 Å². The minimum atomic E-state index is -3.44. The molecule has 3 nitrogen and oxygen atoms in total. The van der Waals surface area contributed by atoms with Crippen molar-refractivity contribution in [3.63, 3.8) is 0 Å². The highest BCUT2D eigenvalue weighted by Gasteiger charge is 2.17. The first-order valence-corrected chi connectivity index (χ1v) is 8.70. The van der Waals surface area contributed by atoms with Crippen molar-refractivity contribution in [3.05, 3.63) is 33.8 Å². The number of benzene rings is 1. The third-order valence-corrected chi connectivity index (χ3v) is 3.92. The molecular weight excluding hydrogens is 307 g/mol. The lowest BCUT2D eigenvalue weighted by molar-refractivity contribution is 0.286. The highest BCUT2D eigenvalue weighted by Crippen LogP contribution is 2.31. The van der Waals surface area contributed by atoms with Crippen molar-refractivity contribution in [3.8, 4) is 0 Å². The Labute approximate surface area is 125 Å². The predicted octanol–water partition coefficient (Wildman–Crippen LogP) is 4.24. The van der Waals surface area contributed by atoms with Crippen molar-refractivity contribution in [2.24, 2.45) is 0 Å². The van der Waals surface area contributed by atoms with Crippen LogP contribution in [0.25, 0.3) is 0 Å². The smallest absolute Gasteiger partial charge is 0.264 e. The van der Waals surface area contributed by atoms with Gasteiger partial charge >= 0.3 is 0 Å². The predicted molar refractivity (Wildman–Crippen MR) is 79.5 cm³/mol. The molecule has 0 aliphatic heterocycles. The molecule has 0 saturated heterocycles. The second-order valence-corrected chi connectivity index (χ2v) is 6.98. The highest BCUT2D eigenvalue weighted by atomic mass is 35.5. The van der Waals surface area contributed by atoms with Gasteiger partial charge in [-0.15, -0.1) is 0 Å². The Kier molecular flexibility index (Phi) is 6.60. The molecule has 0 radical (unpaired) electrons. The van der Waals surface area contributed by atoms with Crippen LogP contribution < -0.4 is 0 Å². The van der Waals surface area contributed by atoms with E-state index in [1.54, 1.807) is 12.1 Å². The number of unbranched alkanes of at least 4 members (excludes halogenated alkanes) is 1. The van der Waals surface area contributed by atoms with E-state index in [9.17, 15) is 8.42 Å². The lowest BCUT2D eigenvalue weighted by Gasteiger charge is -2.18. The topological polar surface area (TPSA) is 43.4 Å². The van der Waals surface area contributed by atoms with Gasteiger partial charge in [0.1, 0.15) is 0 Å². The normalized spacial score (nSPS) is 13.5. The van der Waals surface area contributed by atoms with Crippen LogP contribution in [0.5, 0.6) is 0 Å². The van der Waals surface area contributed by atoms with E-state index < -0.39 is 10.1 Å². The summed E-state index contributed by atoms with van der Waals surface area (Å²) in [7, 11) is -3.44. The molecular formula is C13H18Cl2O3S. The SMILES string of the molecule is CCCCC(COS(C)(=O)=O)c1ccc(Cl)cc1Cl. The molecule has 0 aliphatic carbocycles. The van der Waals surface area contributed by atoms with E-state index in [4.69, 9.17) is 27.4 Å². The molecule has 108 valence electrons. The van der Waals surface area contributed by atoms with Gasteiger partial charge in [0, 0.05) is 16.0 Å². The summed E-state index contributed by atoms with van der Waals surface area (Å²) < 4.78 is 27.1. The summed E-state index contributed by atoms with van der Waals surface area (Å²) in [4.78, 5) is 0. The Bertz CT molecular complexity index is 515. The van der Waals surface area contributed by atoms with Gasteiger partial charge in [-0.2, -0.15) is 8.42 Å². The first-order chi connectivity index (χ1) is 8.83. The van der Waals surface area contributed by atoms with E-state index in [2.05, 4.69) is 6.92 Å². The number of rotatable bonds is 7. The number of halogens is 2. The summed E-state index contributed by atoms with van der Waals surface area (Å²) in [6, 6.07) is 5.25. The van der Waals surface area contributed by atoms with Crippen LogP contribution in [0.3, 0.4) is 0 Å². The van der Waals surface area contributed by atoms with Crippen molar-refractivity contribution in [1.29, 1.82) is 0 Å². The van der Waals surface area contributed by atoms with Crippen molar-refractivity contribution in [1.82, 2.24) is 0 Å². The molecule has 0 spiro atoms. The average molecular weight is 325 g/mol. The largest absolute Gasteiger partial charge is 0.270 e. The molecule has 0 amide bonds. The van der Waals surface area contributed by atoms with Gasteiger partial charge in [-0.05, 0) is 24.1 Å². The summed E-state index contributed by atoms with van der Waals surface area (Å²) >= 11 is 12.0. The van der Waals surface area contributed by atoms with Crippen LogP contribution in [0.1, 0.15) is 37.7 Å². The fourth-order valence-corrected chi connectivity index (χ4v) is 2.79. The summed E-state index contributed by atoms with van der Waals surface area (Å²) in [5, 5.41) is 1.11. The molecule has 1 atom stereocenters. The molecule has 0 bridgehead atoms. The third-order valence-electron chi connectivity index (χ3n) is 2.79. The van der Waals surface area contributed by atoms with Crippen molar-refractivity contribution < 1.29 is 12.6 Å². The van der Waals surface area contributed by atoms with Crippen molar-refractivity contribution in [2.45, 2.75) is 32.1 Å². The summed E-state index contributed by atoms with van der Waals surface area (Å²) in [5.41, 5.74) is 0.878. The van der Waals surface area contributed by atoms with Gasteiger partial charge in [-0.3, -0.25) is 4.18 Å². The Balaban J connectivity index is 2.88. The van der Waals surface area contributed by atoms with Crippen LogP contribution >= 0.6 is 23.2 Å². The first kappa shape index (κ1) is 16.8. The standard InChI is InChI=1S/C13H18Cl2O3S/c1-3-4-5-10(9-18-19(2,16)17)12-7-6-11(14)8-13(12)15/h6-8,10H,3-5,9H2,1-2H3. The quantitative estimate of drug-likeness (QED) is 0.704. The van der Waals surface area contributed by atoms with Crippen LogP contribution in [0.2, 0.25) is 10.0 Å². The zero-order valence-corrected chi connectivity index (χ0v) is 13.4. The zero-order chi connectivity index (χ0) is 14.5. The Hall–Kier alpha value is -0.290. The maximum atomic E-state index is 11.1. The molecule has 6 heteroatoms. The maximum Gasteiger partial charge on any atom is 0.264 e. The van der Waals surface area contributed by atoms with E-state index >= 15 is 0 Å². The molecule has 0 aliphatic rings. The lowest BCUT2D eigenvalue weighted by Crippen LogP contribution is -2.13. The second-order valence-electron chi connectivity index (χ2n) is 4.49. The molecule has 0 saturated carbocycles. The highest BCUT2D eigenvalue weighted by molar-refractivity contribution is 7.85. The molecule has 1 aromatic rings. The Morgan fingerprint density at radius 2 is 2.00 bits per heavy atom. The van der Waals surface area contributed by atoms with E-state index in [0.717, 1.165) is 31.1 Å². The van der Waals surface area contributed by atoms with Gasteiger partial charge in [-0.25, -0.2) is 0 Å². The summed E-state index contributed by atoms with van der Waals surface area (Å²) in [6.07, 6.45) is 3.89. The Morgan fingerprint density at radius 3 is 2.53 bits per heavy atom. The van der Waals surface area contributed by atoms with E-state index in [-0.39, 0.29) is 12.5 Å². The monoisotopic (exact) mass is 324 g/mol. The van der Waals surface area contributed by atoms with Gasteiger partial charge in [0.05, 0.1) is 12.9 Å². The number of hydrogen-bond acceptors (Lipinski definition) is 3. The number of hydrogen-bond donors (Lipinski definition) is 0. The maximum absolute atomic E-state index is 11.1. The van der Waals surface area contributed by atoms with Crippen LogP contribution in [0, 0.1) is 0 Å². The Morgan fingerprint density at radius 1 is 1.32 bits per heavy atom. The van der Waals surface area contributed by atoms with Crippen molar-refractivity contribution >= 4 is 33.3 Å². The molecule has 0 N–H and O–H groups in total. The van der Waals surface area contributed by atoms with Gasteiger partial charge in [0.15, 0.2) is 0 Å². The van der Waals surface area contributed by atoms with Crippen LogP contribution in [0.15, 0.2) is 18.2 Å². The third kappa shape index (κ3) is 6.13. The first-order valence-electron chi connectivity index (χ1n) is 6.13. The minimum absolute atomic E-state index is 0.0422. The average Bonchev–Trinajstić information content (AvgIpc) is 2.29. The van der Waals surface area contributed by atoms with Crippen molar-refractivity contribution in [2.75, 3.05) is 12.9 Å². The fraction of sp³-hybridized carbons (Fsp3) is 0.538. The van der Waals surface area contributed by atoms with Gasteiger partial charge in [0.25, 0.3) is 10.1 Å². The summed E-state index contributed by atoms with van der Waals surface area (Å²) in [5.74, 6) is -0.0422. The zero-order valence-electron chi connectivity index (χ0n) is 11.0. The second kappa shape index (κ2) is 7.48. The van der Waals surface area contributed by atoms with E-state index in [1.807, 2.05) is 6.07 Å². The molecule has 0 heterocycles.